The molecule has 0 aromatic heterocycles. The van der Waals surface area contributed by atoms with Crippen LogP contribution in [-0.4, -0.2) is 65.6 Å². The monoisotopic (exact) mass is 339 g/mol. The molecule has 5 heteroatoms. The second-order valence-corrected chi connectivity index (χ2v) is 8.69. The van der Waals surface area contributed by atoms with E-state index in [9.17, 15) is 4.79 Å². The number of amides is 2. The molecule has 2 amide bonds. The van der Waals surface area contributed by atoms with Gasteiger partial charge in [-0.2, -0.15) is 11.8 Å². The third-order valence-electron chi connectivity index (χ3n) is 5.04. The van der Waals surface area contributed by atoms with Crippen LogP contribution in [-0.2, 0) is 0 Å². The maximum absolute atomic E-state index is 12.5. The zero-order valence-corrected chi connectivity index (χ0v) is 15.8. The van der Waals surface area contributed by atoms with Gasteiger partial charge in [-0.15, -0.1) is 0 Å². The molecular weight excluding hydrogens is 306 g/mol. The molecule has 0 aromatic rings. The van der Waals surface area contributed by atoms with Crippen LogP contribution in [0.4, 0.5) is 4.79 Å². The van der Waals surface area contributed by atoms with Gasteiger partial charge >= 0.3 is 6.03 Å². The Bertz CT molecular complexity index is 407. The van der Waals surface area contributed by atoms with Crippen molar-refractivity contribution in [2.75, 3.05) is 32.4 Å². The highest BCUT2D eigenvalue weighted by molar-refractivity contribution is 7.99. The minimum Gasteiger partial charge on any atom is -0.335 e. The first kappa shape index (κ1) is 18.7. The molecule has 2 atom stereocenters. The van der Waals surface area contributed by atoms with Gasteiger partial charge in [0, 0.05) is 44.0 Å². The van der Waals surface area contributed by atoms with Gasteiger partial charge in [0.25, 0.3) is 0 Å². The summed E-state index contributed by atoms with van der Waals surface area (Å²) in [6, 6.07) is 0.867. The van der Waals surface area contributed by atoms with Crippen molar-refractivity contribution in [3.8, 4) is 0 Å². The van der Waals surface area contributed by atoms with Crippen LogP contribution in [0.1, 0.15) is 46.0 Å². The zero-order chi connectivity index (χ0) is 16.8. The fraction of sp³-hybridized carbons (Fsp3) is 0.833. The van der Waals surface area contributed by atoms with E-state index < -0.39 is 0 Å². The zero-order valence-electron chi connectivity index (χ0n) is 15.0. The Balaban J connectivity index is 1.71. The van der Waals surface area contributed by atoms with Gasteiger partial charge in [-0.3, -0.25) is 4.90 Å². The molecule has 1 saturated carbocycles. The third-order valence-corrected chi connectivity index (χ3v) is 6.27. The average molecular weight is 340 g/mol. The van der Waals surface area contributed by atoms with Crippen LogP contribution < -0.4 is 5.32 Å². The Labute approximate surface area is 146 Å². The van der Waals surface area contributed by atoms with Crippen molar-refractivity contribution in [3.05, 3.63) is 12.2 Å². The maximum atomic E-state index is 12.5. The van der Waals surface area contributed by atoms with Crippen LogP contribution in [0.25, 0.3) is 0 Å². The van der Waals surface area contributed by atoms with E-state index in [1.54, 1.807) is 0 Å². The number of carbonyl (C=O) groups excluding carboxylic acids is 1. The lowest BCUT2D eigenvalue weighted by Crippen LogP contribution is -2.50. The lowest BCUT2D eigenvalue weighted by molar-refractivity contribution is 0.171. The number of piperidine rings is 1. The first-order valence-corrected chi connectivity index (χ1v) is 10.1. The van der Waals surface area contributed by atoms with Gasteiger partial charge in [0.1, 0.15) is 0 Å². The van der Waals surface area contributed by atoms with Crippen LogP contribution in [0.2, 0.25) is 0 Å². The summed E-state index contributed by atoms with van der Waals surface area (Å²) < 4.78 is 0. The molecule has 1 aliphatic carbocycles. The molecule has 0 bridgehead atoms. The van der Waals surface area contributed by atoms with Crippen molar-refractivity contribution < 1.29 is 4.79 Å². The van der Waals surface area contributed by atoms with Gasteiger partial charge in [-0.25, -0.2) is 4.79 Å². The highest BCUT2D eigenvalue weighted by Crippen LogP contribution is 2.32. The number of thioether (sulfide) groups is 1. The fourth-order valence-corrected chi connectivity index (χ4v) is 4.85. The standard InChI is InChI=1S/C18H33N3OS/c1-5-23-17-7-6-16(12-17)20(4)18(22)19-15-8-10-21(11-9-15)13-14(2)3/h15-17H,2,5-13H2,1,3-4H3,(H,19,22)/t16-,17+/m1/s1. The molecule has 2 rings (SSSR count). The lowest BCUT2D eigenvalue weighted by atomic mass is 10.0. The average Bonchev–Trinajstić information content (AvgIpc) is 2.97. The van der Waals surface area contributed by atoms with E-state index in [0.29, 0.717) is 12.1 Å². The molecule has 2 aliphatic rings. The van der Waals surface area contributed by atoms with E-state index in [2.05, 4.69) is 30.6 Å². The summed E-state index contributed by atoms with van der Waals surface area (Å²) in [4.78, 5) is 16.9. The van der Waals surface area contributed by atoms with Crippen LogP contribution in [0.3, 0.4) is 0 Å². The molecule has 1 saturated heterocycles. The number of nitrogens with one attached hydrogen (secondary N) is 1. The van der Waals surface area contributed by atoms with Crippen molar-refractivity contribution in [3.63, 3.8) is 0 Å². The molecule has 23 heavy (non-hydrogen) atoms. The third kappa shape index (κ3) is 5.71. The second kappa shape index (κ2) is 8.97. The summed E-state index contributed by atoms with van der Waals surface area (Å²) in [7, 11) is 1.97. The largest absolute Gasteiger partial charge is 0.335 e. The molecule has 2 fully saturated rings. The maximum Gasteiger partial charge on any atom is 0.317 e. The fourth-order valence-electron chi connectivity index (χ4n) is 3.72. The van der Waals surface area contributed by atoms with Crippen molar-refractivity contribution in [1.29, 1.82) is 0 Å². The van der Waals surface area contributed by atoms with Crippen LogP contribution >= 0.6 is 11.8 Å². The lowest BCUT2D eigenvalue weighted by Gasteiger charge is -2.34. The second-order valence-electron chi connectivity index (χ2n) is 7.11. The van der Waals surface area contributed by atoms with E-state index in [4.69, 9.17) is 0 Å². The van der Waals surface area contributed by atoms with Crippen LogP contribution in [0.15, 0.2) is 12.2 Å². The number of urea groups is 1. The first-order chi connectivity index (χ1) is 11.0. The Morgan fingerprint density at radius 2 is 2.00 bits per heavy atom. The predicted molar refractivity (Wildman–Crippen MR) is 100 cm³/mol. The molecule has 132 valence electrons. The van der Waals surface area contributed by atoms with Crippen molar-refractivity contribution in [2.24, 2.45) is 0 Å². The minimum absolute atomic E-state index is 0.121. The van der Waals surface area contributed by atoms with E-state index in [0.717, 1.165) is 50.6 Å². The normalized spacial score (nSPS) is 26.2. The molecule has 1 N–H and O–H groups in total. The minimum atomic E-state index is 0.121. The molecule has 0 radical (unpaired) electrons. The highest BCUT2D eigenvalue weighted by Gasteiger charge is 2.31. The number of hydrogen-bond acceptors (Lipinski definition) is 3. The van der Waals surface area contributed by atoms with Gasteiger partial charge in [-0.05, 0) is 44.8 Å². The number of carbonyl (C=O) groups is 1. The summed E-state index contributed by atoms with van der Waals surface area (Å²) >= 11 is 2.04. The van der Waals surface area contributed by atoms with Gasteiger partial charge in [0.05, 0.1) is 0 Å². The summed E-state index contributed by atoms with van der Waals surface area (Å²) in [5, 5.41) is 3.99. The molecule has 0 unspecified atom stereocenters. The molecule has 0 spiro atoms. The topological polar surface area (TPSA) is 35.6 Å². The van der Waals surface area contributed by atoms with E-state index >= 15 is 0 Å². The van der Waals surface area contributed by atoms with Crippen LogP contribution in [0.5, 0.6) is 0 Å². The molecule has 0 aromatic carbocycles. The number of rotatable bonds is 6. The van der Waals surface area contributed by atoms with Gasteiger partial charge in [0.2, 0.25) is 0 Å². The Hall–Kier alpha value is -0.680. The summed E-state index contributed by atoms with van der Waals surface area (Å²) in [6.45, 7) is 11.4. The molecule has 1 aliphatic heterocycles. The summed E-state index contributed by atoms with van der Waals surface area (Å²) in [6.07, 6.45) is 5.65. The first-order valence-electron chi connectivity index (χ1n) is 9.01. The Kier molecular flexibility index (Phi) is 7.28. The highest BCUT2D eigenvalue weighted by atomic mass is 32.2. The molecule has 1 heterocycles. The number of hydrogen-bond donors (Lipinski definition) is 1. The molecule has 4 nitrogen and oxygen atoms in total. The number of likely N-dealkylation sites (tertiary alicyclic amines) is 1. The Morgan fingerprint density at radius 1 is 1.30 bits per heavy atom. The predicted octanol–water partition coefficient (Wildman–Crippen LogP) is 3.34. The smallest absolute Gasteiger partial charge is 0.317 e. The van der Waals surface area contributed by atoms with Crippen molar-refractivity contribution >= 4 is 17.8 Å². The van der Waals surface area contributed by atoms with Crippen molar-refractivity contribution in [1.82, 2.24) is 15.1 Å². The summed E-state index contributed by atoms with van der Waals surface area (Å²) in [5.74, 6) is 1.18. The summed E-state index contributed by atoms with van der Waals surface area (Å²) in [5.41, 5.74) is 1.22. The van der Waals surface area contributed by atoms with Gasteiger partial charge in [-0.1, -0.05) is 19.1 Å². The van der Waals surface area contributed by atoms with Crippen molar-refractivity contribution in [2.45, 2.75) is 63.3 Å². The quantitative estimate of drug-likeness (QED) is 0.754. The van der Waals surface area contributed by atoms with E-state index in [1.807, 2.05) is 23.7 Å². The molecular formula is C18H33N3OS. The van der Waals surface area contributed by atoms with Gasteiger partial charge < -0.3 is 10.2 Å². The Morgan fingerprint density at radius 3 is 2.61 bits per heavy atom. The number of nitrogens with zero attached hydrogens (tertiary/aromatic N) is 2. The van der Waals surface area contributed by atoms with E-state index in [-0.39, 0.29) is 6.03 Å². The van der Waals surface area contributed by atoms with Gasteiger partial charge in [0.15, 0.2) is 0 Å². The SMILES string of the molecule is C=C(C)CN1CCC(NC(=O)N(C)[C@@H]2CC[C@H](SCC)C2)CC1. The van der Waals surface area contributed by atoms with Crippen LogP contribution in [0, 0.1) is 0 Å². The van der Waals surface area contributed by atoms with E-state index in [1.165, 1.54) is 17.7 Å².